The van der Waals surface area contributed by atoms with Crippen LogP contribution in [0.15, 0.2) is 12.1 Å². The average molecular weight is 264 g/mol. The molecule has 1 aliphatic rings. The van der Waals surface area contributed by atoms with Crippen LogP contribution in [0.5, 0.6) is 0 Å². The number of hydrogen-bond donors (Lipinski definition) is 0. The van der Waals surface area contributed by atoms with E-state index < -0.39 is 10.9 Å². The summed E-state index contributed by atoms with van der Waals surface area (Å²) < 4.78 is 4.60. The zero-order valence-electron chi connectivity index (χ0n) is 10.5. The van der Waals surface area contributed by atoms with Gasteiger partial charge in [-0.05, 0) is 18.1 Å². The fraction of sp³-hybridized carbons (Fsp3) is 0.333. The molecule has 0 bridgehead atoms. The Labute approximate surface area is 108 Å². The van der Waals surface area contributed by atoms with Crippen molar-refractivity contribution in [1.82, 2.24) is 0 Å². The summed E-state index contributed by atoms with van der Waals surface area (Å²) in [6.07, 6.45) is 0.404. The zero-order valence-corrected chi connectivity index (χ0v) is 10.5. The molecule has 0 unspecified atom stereocenters. The summed E-state index contributed by atoms with van der Waals surface area (Å²) in [7, 11) is 1.17. The standard InChI is InChI=1S/C12H12N2O5/c1-7(15)13-6-5-8-9(13)3-4-10(14(17)18)11(8)12(16)19-2/h3-4H,5-6H2,1-2H3. The summed E-state index contributed by atoms with van der Waals surface area (Å²) in [5.74, 6) is -0.919. The lowest BCUT2D eigenvalue weighted by molar-refractivity contribution is -0.385. The number of fused-ring (bicyclic) bond motifs is 1. The second-order valence-electron chi connectivity index (χ2n) is 4.13. The maximum Gasteiger partial charge on any atom is 0.345 e. The molecule has 1 aromatic carbocycles. The molecule has 0 aliphatic carbocycles. The first kappa shape index (κ1) is 13.0. The molecule has 19 heavy (non-hydrogen) atoms. The first-order chi connectivity index (χ1) is 8.97. The number of nitrogens with zero attached hydrogens (tertiary/aromatic N) is 2. The van der Waals surface area contributed by atoms with Gasteiger partial charge in [-0.2, -0.15) is 0 Å². The minimum absolute atomic E-state index is 0.0613. The van der Waals surface area contributed by atoms with Crippen LogP contribution in [0.25, 0.3) is 0 Å². The van der Waals surface area contributed by atoms with Crippen LogP contribution in [0.2, 0.25) is 0 Å². The quantitative estimate of drug-likeness (QED) is 0.456. The van der Waals surface area contributed by atoms with E-state index in [1.54, 1.807) is 0 Å². The predicted molar refractivity (Wildman–Crippen MR) is 66.2 cm³/mol. The molecule has 1 heterocycles. The van der Waals surface area contributed by atoms with Crippen LogP contribution in [0.1, 0.15) is 22.8 Å². The number of benzene rings is 1. The van der Waals surface area contributed by atoms with Crippen LogP contribution >= 0.6 is 0 Å². The van der Waals surface area contributed by atoms with Gasteiger partial charge in [0.2, 0.25) is 5.91 Å². The van der Waals surface area contributed by atoms with E-state index in [1.165, 1.54) is 31.1 Å². The second kappa shape index (κ2) is 4.68. The van der Waals surface area contributed by atoms with Gasteiger partial charge in [-0.1, -0.05) is 0 Å². The molecule has 0 saturated heterocycles. The van der Waals surface area contributed by atoms with Crippen molar-refractivity contribution in [3.8, 4) is 0 Å². The van der Waals surface area contributed by atoms with Gasteiger partial charge >= 0.3 is 5.97 Å². The number of esters is 1. The fourth-order valence-corrected chi connectivity index (χ4v) is 2.28. The molecule has 0 saturated carbocycles. The van der Waals surface area contributed by atoms with E-state index >= 15 is 0 Å². The molecular formula is C12H12N2O5. The van der Waals surface area contributed by atoms with Crippen molar-refractivity contribution in [3.05, 3.63) is 33.4 Å². The average Bonchev–Trinajstić information content (AvgIpc) is 2.80. The van der Waals surface area contributed by atoms with Crippen molar-refractivity contribution in [2.24, 2.45) is 0 Å². The Kier molecular flexibility index (Phi) is 3.20. The second-order valence-corrected chi connectivity index (χ2v) is 4.13. The molecule has 0 radical (unpaired) electrons. The molecule has 7 heteroatoms. The van der Waals surface area contributed by atoms with Crippen molar-refractivity contribution in [2.75, 3.05) is 18.6 Å². The van der Waals surface area contributed by atoms with E-state index in [-0.39, 0.29) is 17.2 Å². The van der Waals surface area contributed by atoms with Crippen molar-refractivity contribution in [3.63, 3.8) is 0 Å². The predicted octanol–water partition coefficient (Wildman–Crippen LogP) is 1.29. The number of rotatable bonds is 2. The lowest BCUT2D eigenvalue weighted by atomic mass is 10.0. The Balaban J connectivity index is 2.65. The van der Waals surface area contributed by atoms with Gasteiger partial charge < -0.3 is 9.64 Å². The lowest BCUT2D eigenvalue weighted by Gasteiger charge is -2.15. The van der Waals surface area contributed by atoms with Crippen molar-refractivity contribution < 1.29 is 19.2 Å². The van der Waals surface area contributed by atoms with Gasteiger partial charge in [-0.25, -0.2) is 4.79 Å². The largest absolute Gasteiger partial charge is 0.465 e. The molecule has 0 atom stereocenters. The highest BCUT2D eigenvalue weighted by Crippen LogP contribution is 2.36. The summed E-state index contributed by atoms with van der Waals surface area (Å²) in [4.78, 5) is 35.0. The van der Waals surface area contributed by atoms with Gasteiger partial charge in [-0.3, -0.25) is 14.9 Å². The van der Waals surface area contributed by atoms with E-state index in [4.69, 9.17) is 0 Å². The Morgan fingerprint density at radius 2 is 2.11 bits per heavy atom. The third-order valence-electron chi connectivity index (χ3n) is 3.11. The topological polar surface area (TPSA) is 89.8 Å². The minimum atomic E-state index is -0.756. The van der Waals surface area contributed by atoms with Crippen LogP contribution < -0.4 is 4.90 Å². The van der Waals surface area contributed by atoms with Gasteiger partial charge in [0.05, 0.1) is 12.0 Å². The molecule has 0 aromatic heterocycles. The molecule has 7 nitrogen and oxygen atoms in total. The van der Waals surface area contributed by atoms with Crippen LogP contribution in [0, 0.1) is 10.1 Å². The third kappa shape index (κ3) is 2.03. The molecule has 1 aromatic rings. The zero-order chi connectivity index (χ0) is 14.2. The number of anilines is 1. The number of carbonyl (C=O) groups is 2. The Morgan fingerprint density at radius 3 is 2.63 bits per heavy atom. The van der Waals surface area contributed by atoms with Gasteiger partial charge in [0.25, 0.3) is 5.69 Å². The molecule has 1 aliphatic heterocycles. The van der Waals surface area contributed by atoms with Gasteiger partial charge in [0.1, 0.15) is 5.56 Å². The minimum Gasteiger partial charge on any atom is -0.465 e. The van der Waals surface area contributed by atoms with E-state index in [1.807, 2.05) is 0 Å². The third-order valence-corrected chi connectivity index (χ3v) is 3.11. The van der Waals surface area contributed by atoms with Crippen molar-refractivity contribution >= 4 is 23.3 Å². The Bertz CT molecular complexity index is 582. The van der Waals surface area contributed by atoms with E-state index in [0.29, 0.717) is 24.2 Å². The molecular weight excluding hydrogens is 252 g/mol. The van der Waals surface area contributed by atoms with E-state index in [9.17, 15) is 19.7 Å². The Hall–Kier alpha value is -2.44. The maximum absolute atomic E-state index is 11.7. The van der Waals surface area contributed by atoms with Crippen molar-refractivity contribution in [1.29, 1.82) is 0 Å². The number of hydrogen-bond acceptors (Lipinski definition) is 5. The molecule has 100 valence electrons. The number of nitro benzene ring substituents is 1. The molecule has 0 fully saturated rings. The number of carbonyl (C=O) groups excluding carboxylic acids is 2. The highest BCUT2D eigenvalue weighted by atomic mass is 16.6. The number of nitro groups is 1. The normalized spacial score (nSPS) is 13.1. The molecule has 2 rings (SSSR count). The van der Waals surface area contributed by atoms with E-state index in [2.05, 4.69) is 4.74 Å². The highest BCUT2D eigenvalue weighted by Gasteiger charge is 2.33. The number of amides is 1. The SMILES string of the molecule is COC(=O)c1c([N+](=O)[O-])ccc2c1CCN2C(C)=O. The molecule has 0 N–H and O–H groups in total. The van der Waals surface area contributed by atoms with Gasteiger partial charge in [0.15, 0.2) is 0 Å². The lowest BCUT2D eigenvalue weighted by Crippen LogP contribution is -2.25. The smallest absolute Gasteiger partial charge is 0.345 e. The first-order valence-corrected chi connectivity index (χ1v) is 5.64. The van der Waals surface area contributed by atoms with Crippen LogP contribution in [-0.4, -0.2) is 30.5 Å². The first-order valence-electron chi connectivity index (χ1n) is 5.64. The fourth-order valence-electron chi connectivity index (χ4n) is 2.28. The molecule has 1 amide bonds. The van der Waals surface area contributed by atoms with Crippen molar-refractivity contribution in [2.45, 2.75) is 13.3 Å². The van der Waals surface area contributed by atoms with Crippen LogP contribution in [0.4, 0.5) is 11.4 Å². The summed E-state index contributed by atoms with van der Waals surface area (Å²) >= 11 is 0. The van der Waals surface area contributed by atoms with Crippen LogP contribution in [-0.2, 0) is 16.0 Å². The summed E-state index contributed by atoms with van der Waals surface area (Å²) in [6, 6.07) is 2.72. The summed E-state index contributed by atoms with van der Waals surface area (Å²) in [6.45, 7) is 1.82. The Morgan fingerprint density at radius 1 is 1.42 bits per heavy atom. The number of methoxy groups -OCH3 is 1. The van der Waals surface area contributed by atoms with Crippen LogP contribution in [0.3, 0.4) is 0 Å². The highest BCUT2D eigenvalue weighted by molar-refractivity contribution is 6.01. The monoisotopic (exact) mass is 264 g/mol. The molecule has 0 spiro atoms. The van der Waals surface area contributed by atoms with Gasteiger partial charge in [-0.15, -0.1) is 0 Å². The summed E-state index contributed by atoms with van der Waals surface area (Å²) in [5.41, 5.74) is 0.680. The van der Waals surface area contributed by atoms with Gasteiger partial charge in [0, 0.05) is 25.2 Å². The summed E-state index contributed by atoms with van der Waals surface area (Å²) in [5, 5.41) is 11.0. The number of ether oxygens (including phenoxy) is 1. The van der Waals surface area contributed by atoms with E-state index in [0.717, 1.165) is 0 Å². The maximum atomic E-state index is 11.7.